The molecule has 1 rings (SSSR count). The molecule has 7 nitrogen and oxygen atoms in total. The molecule has 0 heterocycles. The number of carbonyl (C=O) groups is 1. The smallest absolute Gasteiger partial charge is 0.425 e. The van der Waals surface area contributed by atoms with Crippen LogP contribution in [0.1, 0.15) is 25.7 Å². The van der Waals surface area contributed by atoms with Gasteiger partial charge in [0.05, 0.1) is 0 Å². The van der Waals surface area contributed by atoms with Crippen LogP contribution in [0.4, 0.5) is 92.5 Å². The van der Waals surface area contributed by atoms with Crippen molar-refractivity contribution >= 4 is 5.97 Å². The Morgan fingerprint density at radius 3 is 1.57 bits per heavy atom. The van der Waals surface area contributed by atoms with Crippen LogP contribution in [0.15, 0.2) is 0 Å². The number of ether oxygens (including phenoxy) is 6. The molecule has 3 atom stereocenters. The minimum atomic E-state index is -6.36. The van der Waals surface area contributed by atoms with E-state index in [1.165, 1.54) is 0 Å². The summed E-state index contributed by atoms with van der Waals surface area (Å²) in [5.74, 6) is -18.0. The first kappa shape index (κ1) is 46.8. The molecule has 0 N–H and O–H groups in total. The van der Waals surface area contributed by atoms with Crippen molar-refractivity contribution in [2.75, 3.05) is 26.9 Å². The van der Waals surface area contributed by atoms with Gasteiger partial charge in [-0.05, 0) is 0 Å². The van der Waals surface area contributed by atoms with Gasteiger partial charge in [-0.3, -0.25) is 9.44 Å². The Morgan fingerprint density at radius 1 is 0.673 bits per heavy atom. The van der Waals surface area contributed by atoms with Crippen LogP contribution < -0.4 is 0 Å². The fraction of sp³-hybridized carbons (Fsp3) is 0.952. The van der Waals surface area contributed by atoms with Gasteiger partial charge in [0, 0.05) is 13.5 Å². The monoisotopic (exact) mass is 784 g/mol. The maximum Gasteiger partial charge on any atom is 0.425 e. The zero-order chi connectivity index (χ0) is 38.0. The molecule has 1 aliphatic rings. The van der Waals surface area contributed by atoms with E-state index < -0.39 is 124 Å². The molecule has 1 fully saturated rings. The van der Waals surface area contributed by atoms with Crippen molar-refractivity contribution in [2.24, 2.45) is 0 Å². The van der Waals surface area contributed by atoms with Crippen LogP contribution in [0, 0.1) is 0 Å². The molecule has 0 bridgehead atoms. The number of halogens is 21. The quantitative estimate of drug-likeness (QED) is 0.0995. The average molecular weight is 784 g/mol. The third-order valence-electron chi connectivity index (χ3n) is 5.29. The Hall–Kier alpha value is -2.20. The van der Waals surface area contributed by atoms with E-state index in [0.29, 0.717) is 7.11 Å². The van der Waals surface area contributed by atoms with Crippen molar-refractivity contribution in [3.63, 3.8) is 0 Å². The first-order valence-corrected chi connectivity index (χ1v) is 12.1. The van der Waals surface area contributed by atoms with Crippen molar-refractivity contribution in [3.8, 4) is 0 Å². The van der Waals surface area contributed by atoms with Crippen LogP contribution in [0.2, 0.25) is 0 Å². The van der Waals surface area contributed by atoms with E-state index >= 15 is 0 Å². The summed E-state index contributed by atoms with van der Waals surface area (Å²) >= 11 is 0. The molecule has 1 aliphatic carbocycles. The number of carbonyl (C=O) groups excluding carboxylic acids is 1. The minimum absolute atomic E-state index is 0. The van der Waals surface area contributed by atoms with Crippen LogP contribution in [0.3, 0.4) is 0 Å². The van der Waals surface area contributed by atoms with Crippen LogP contribution in [-0.4, -0.2) is 106 Å². The van der Waals surface area contributed by atoms with Gasteiger partial charge in [0.15, 0.2) is 12.7 Å². The van der Waals surface area contributed by atoms with Crippen LogP contribution in [-0.2, 0) is 33.2 Å². The lowest BCUT2D eigenvalue weighted by atomic mass is 9.86. The molecule has 0 saturated heterocycles. The molecule has 0 radical (unpaired) electrons. The second kappa shape index (κ2) is 15.6. The zero-order valence-electron chi connectivity index (χ0n) is 23.5. The molecular formula is C21H21F21O7. The van der Waals surface area contributed by atoms with Gasteiger partial charge in [-0.15, -0.1) is 0 Å². The second-order valence-electron chi connectivity index (χ2n) is 9.91. The number of hydrogen-bond donors (Lipinski definition) is 0. The minimum Gasteiger partial charge on any atom is -0.457 e. The Balaban J connectivity index is 0.0000230. The van der Waals surface area contributed by atoms with Crippen molar-refractivity contribution in [1.82, 2.24) is 0 Å². The summed E-state index contributed by atoms with van der Waals surface area (Å²) in [6.07, 6.45) is -55.7. The van der Waals surface area contributed by atoms with Gasteiger partial charge in [-0.25, -0.2) is 31.1 Å². The summed E-state index contributed by atoms with van der Waals surface area (Å²) < 4.78 is 286. The molecule has 28 heteroatoms. The molecule has 0 spiro atoms. The van der Waals surface area contributed by atoms with E-state index in [4.69, 9.17) is 0 Å². The fourth-order valence-electron chi connectivity index (χ4n) is 3.39. The SMILES string of the molecule is COC(F)(F)COCC(F)(F)CC(F)(F)OC1CC(F)(F)C1OC(F)(F)CC(F)(F)COC(=O)C(OC(F)(F)CC(F)(F)F)C(F)(F)F.F. The van der Waals surface area contributed by atoms with E-state index in [1.807, 2.05) is 0 Å². The number of esters is 1. The van der Waals surface area contributed by atoms with Gasteiger partial charge < -0.3 is 23.7 Å². The van der Waals surface area contributed by atoms with Gasteiger partial charge in [-0.1, -0.05) is 0 Å². The molecule has 49 heavy (non-hydrogen) atoms. The standard InChI is InChI=1S/C21H20F20O7.FH/c1-43-20(37,38)8-44-6-13(22,23)3-17(31,32)46-9-2-15(26,27)10(9)47-18(33,34)4-14(24,25)7-45-12(42)11(21(39,40)41)48-19(35,36)5-16(28,29)30;/h9-11H,2-8H2,1H3;1H. The molecule has 294 valence electrons. The van der Waals surface area contributed by atoms with E-state index in [9.17, 15) is 92.6 Å². The summed E-state index contributed by atoms with van der Waals surface area (Å²) in [7, 11) is 0.416. The van der Waals surface area contributed by atoms with E-state index in [1.54, 1.807) is 0 Å². The lowest BCUT2D eigenvalue weighted by Crippen LogP contribution is -2.62. The summed E-state index contributed by atoms with van der Waals surface area (Å²) in [4.78, 5) is 11.4. The summed E-state index contributed by atoms with van der Waals surface area (Å²) in [5, 5.41) is 0. The molecule has 0 aromatic rings. The topological polar surface area (TPSA) is 72.5 Å². The van der Waals surface area contributed by atoms with Gasteiger partial charge in [0.2, 0.25) is 0 Å². The predicted molar refractivity (Wildman–Crippen MR) is 111 cm³/mol. The van der Waals surface area contributed by atoms with E-state index in [0.717, 1.165) is 0 Å². The Morgan fingerprint density at radius 2 is 1.14 bits per heavy atom. The van der Waals surface area contributed by atoms with Crippen LogP contribution in [0.25, 0.3) is 0 Å². The largest absolute Gasteiger partial charge is 0.457 e. The number of alkyl halides is 20. The first-order valence-electron chi connectivity index (χ1n) is 12.1. The average Bonchev–Trinajstić information content (AvgIpc) is 2.80. The van der Waals surface area contributed by atoms with E-state index in [-0.39, 0.29) is 4.70 Å². The molecule has 0 aromatic carbocycles. The number of rotatable bonds is 19. The van der Waals surface area contributed by atoms with E-state index in [2.05, 4.69) is 28.4 Å². The van der Waals surface area contributed by atoms with Crippen molar-refractivity contribution in [2.45, 2.75) is 98.5 Å². The van der Waals surface area contributed by atoms with Crippen molar-refractivity contribution in [3.05, 3.63) is 0 Å². The van der Waals surface area contributed by atoms with Crippen molar-refractivity contribution in [1.29, 1.82) is 0 Å². The van der Waals surface area contributed by atoms with Crippen LogP contribution >= 0.6 is 0 Å². The lowest BCUT2D eigenvalue weighted by Gasteiger charge is -2.45. The highest BCUT2D eigenvalue weighted by Gasteiger charge is 2.65. The summed E-state index contributed by atoms with van der Waals surface area (Å²) in [6.45, 7) is -6.96. The third-order valence-corrected chi connectivity index (χ3v) is 5.29. The maximum absolute atomic E-state index is 14.1. The lowest BCUT2D eigenvalue weighted by molar-refractivity contribution is -0.401. The van der Waals surface area contributed by atoms with Crippen molar-refractivity contribution < 1.29 is 126 Å². The summed E-state index contributed by atoms with van der Waals surface area (Å²) in [5.41, 5.74) is 0. The first-order chi connectivity index (χ1) is 21.0. The molecule has 1 saturated carbocycles. The zero-order valence-corrected chi connectivity index (χ0v) is 23.5. The van der Waals surface area contributed by atoms with Gasteiger partial charge in [-0.2, -0.15) is 61.5 Å². The molecule has 0 aliphatic heterocycles. The number of methoxy groups -OCH3 is 1. The normalized spacial score (nSPS) is 20.3. The predicted octanol–water partition coefficient (Wildman–Crippen LogP) is 7.48. The Labute approximate surface area is 258 Å². The molecular weight excluding hydrogens is 763 g/mol. The Kier molecular flexibility index (Phi) is 14.9. The highest BCUT2D eigenvalue weighted by molar-refractivity contribution is 5.75. The van der Waals surface area contributed by atoms with Gasteiger partial charge in [0.1, 0.15) is 38.6 Å². The molecule has 3 unspecified atom stereocenters. The highest BCUT2D eigenvalue weighted by Crippen LogP contribution is 2.48. The molecule has 0 amide bonds. The highest BCUT2D eigenvalue weighted by atomic mass is 19.4. The molecule has 0 aromatic heterocycles. The Bertz CT molecular complexity index is 1060. The van der Waals surface area contributed by atoms with Gasteiger partial charge in [0.25, 0.3) is 23.9 Å². The summed E-state index contributed by atoms with van der Waals surface area (Å²) in [6, 6.07) is 0. The number of hydrogen-bond acceptors (Lipinski definition) is 7. The van der Waals surface area contributed by atoms with Crippen LogP contribution in [0.5, 0.6) is 0 Å². The fourth-order valence-corrected chi connectivity index (χ4v) is 3.39. The maximum atomic E-state index is 14.1. The third kappa shape index (κ3) is 16.6. The second-order valence-corrected chi connectivity index (χ2v) is 9.91. The van der Waals surface area contributed by atoms with Gasteiger partial charge >= 0.3 is 42.8 Å².